The molecule has 1 aromatic carbocycles. The van der Waals surface area contributed by atoms with E-state index in [0.717, 1.165) is 6.42 Å². The molecule has 0 atom stereocenters. The minimum atomic E-state index is -0.363. The number of ketones is 1. The fourth-order valence-corrected chi connectivity index (χ4v) is 1.93. The van der Waals surface area contributed by atoms with Crippen LogP contribution in [0, 0.1) is 5.41 Å². The first-order valence-electron chi connectivity index (χ1n) is 6.10. The third-order valence-corrected chi connectivity index (χ3v) is 3.63. The van der Waals surface area contributed by atoms with Gasteiger partial charge in [0.2, 0.25) is 0 Å². The number of hydrogen-bond acceptors (Lipinski definition) is 3. The normalized spacial score (nSPS) is 11.1. The van der Waals surface area contributed by atoms with Crippen LogP contribution in [0.4, 0.5) is 0 Å². The van der Waals surface area contributed by atoms with Crippen LogP contribution in [0.15, 0.2) is 30.3 Å². The largest absolute Gasteiger partial charge is 0.490 e. The summed E-state index contributed by atoms with van der Waals surface area (Å²) in [6, 6.07) is 10.0. The van der Waals surface area contributed by atoms with Gasteiger partial charge in [0.1, 0.15) is 5.78 Å². The average molecular weight is 264 g/mol. The zero-order chi connectivity index (χ0) is 13.6. The number of carbonyl (C=O) groups excluding carboxylic acids is 1. The van der Waals surface area contributed by atoms with E-state index in [2.05, 4.69) is 0 Å². The summed E-state index contributed by atoms with van der Waals surface area (Å²) in [5, 5.41) is 0.496. The highest BCUT2D eigenvalue weighted by Gasteiger charge is 2.27. The van der Waals surface area contributed by atoms with E-state index in [1.165, 1.54) is 5.56 Å². The standard InChI is InChI=1S/C15H20O2S/c1-15(2,14(18)17-3)11-13(16)10-9-12-7-5-4-6-8-12/h4-8H,9-11H2,1-3H3. The molecule has 3 heteroatoms. The van der Waals surface area contributed by atoms with E-state index in [-0.39, 0.29) is 11.2 Å². The van der Waals surface area contributed by atoms with Crippen LogP contribution in [-0.2, 0) is 16.0 Å². The van der Waals surface area contributed by atoms with Gasteiger partial charge in [0.15, 0.2) is 5.05 Å². The monoisotopic (exact) mass is 264 g/mol. The van der Waals surface area contributed by atoms with Gasteiger partial charge in [-0.1, -0.05) is 44.2 Å². The molecular weight excluding hydrogens is 244 g/mol. The van der Waals surface area contributed by atoms with Crippen molar-refractivity contribution in [2.75, 3.05) is 7.11 Å². The number of aryl methyl sites for hydroxylation is 1. The van der Waals surface area contributed by atoms with Crippen molar-refractivity contribution in [1.29, 1.82) is 0 Å². The van der Waals surface area contributed by atoms with Crippen LogP contribution in [0.25, 0.3) is 0 Å². The van der Waals surface area contributed by atoms with Crippen LogP contribution in [0.5, 0.6) is 0 Å². The van der Waals surface area contributed by atoms with Gasteiger partial charge in [-0.15, -0.1) is 0 Å². The molecule has 0 aromatic heterocycles. The molecule has 0 aliphatic rings. The Balaban J connectivity index is 2.45. The molecule has 1 aromatic rings. The van der Waals surface area contributed by atoms with Gasteiger partial charge in [-0.3, -0.25) is 4.79 Å². The average Bonchev–Trinajstić information content (AvgIpc) is 2.36. The molecule has 0 spiro atoms. The number of thiocarbonyl (C=S) groups is 1. The molecule has 0 heterocycles. The Kier molecular flexibility index (Phi) is 5.48. The molecule has 0 saturated carbocycles. The molecule has 0 fully saturated rings. The Morgan fingerprint density at radius 2 is 1.89 bits per heavy atom. The lowest BCUT2D eigenvalue weighted by Crippen LogP contribution is -2.27. The SMILES string of the molecule is COC(=S)C(C)(C)CC(=O)CCc1ccccc1. The lowest BCUT2D eigenvalue weighted by Gasteiger charge is -2.23. The summed E-state index contributed by atoms with van der Waals surface area (Å²) in [4.78, 5) is 11.9. The lowest BCUT2D eigenvalue weighted by molar-refractivity contribution is -0.120. The second-order valence-electron chi connectivity index (χ2n) is 5.08. The summed E-state index contributed by atoms with van der Waals surface area (Å²) in [5.74, 6) is 0.225. The summed E-state index contributed by atoms with van der Waals surface area (Å²) in [6.07, 6.45) is 1.78. The minimum absolute atomic E-state index is 0.225. The molecule has 0 radical (unpaired) electrons. The van der Waals surface area contributed by atoms with Gasteiger partial charge in [0.05, 0.1) is 7.11 Å². The highest BCUT2D eigenvalue weighted by atomic mass is 32.1. The molecule has 98 valence electrons. The highest BCUT2D eigenvalue weighted by Crippen LogP contribution is 2.24. The van der Waals surface area contributed by atoms with Crippen LogP contribution >= 0.6 is 12.2 Å². The van der Waals surface area contributed by atoms with Crippen molar-refractivity contribution >= 4 is 23.1 Å². The zero-order valence-corrected chi connectivity index (χ0v) is 12.0. The van der Waals surface area contributed by atoms with Crippen LogP contribution in [0.2, 0.25) is 0 Å². The summed E-state index contributed by atoms with van der Waals surface area (Å²) < 4.78 is 5.06. The minimum Gasteiger partial charge on any atom is -0.490 e. The molecule has 0 N–H and O–H groups in total. The summed E-state index contributed by atoms with van der Waals surface area (Å²) >= 11 is 5.11. The van der Waals surface area contributed by atoms with Gasteiger partial charge < -0.3 is 4.74 Å². The maximum absolute atomic E-state index is 11.9. The topological polar surface area (TPSA) is 26.3 Å². The number of benzene rings is 1. The predicted octanol–water partition coefficient (Wildman–Crippen LogP) is 3.58. The number of ether oxygens (including phenoxy) is 1. The first-order valence-corrected chi connectivity index (χ1v) is 6.50. The predicted molar refractivity (Wildman–Crippen MR) is 77.8 cm³/mol. The molecule has 0 saturated heterocycles. The van der Waals surface area contributed by atoms with Gasteiger partial charge in [-0.05, 0) is 24.2 Å². The van der Waals surface area contributed by atoms with E-state index < -0.39 is 0 Å². The van der Waals surface area contributed by atoms with Gasteiger partial charge in [0.25, 0.3) is 0 Å². The molecule has 0 unspecified atom stereocenters. The van der Waals surface area contributed by atoms with Gasteiger partial charge >= 0.3 is 0 Å². The first kappa shape index (κ1) is 14.8. The maximum atomic E-state index is 11.9. The molecule has 0 aliphatic heterocycles. The Hall–Kier alpha value is -1.22. The van der Waals surface area contributed by atoms with Crippen LogP contribution in [0.3, 0.4) is 0 Å². The third kappa shape index (κ3) is 4.57. The number of hydrogen-bond donors (Lipinski definition) is 0. The molecule has 18 heavy (non-hydrogen) atoms. The summed E-state index contributed by atoms with van der Waals surface area (Å²) in [7, 11) is 1.55. The Morgan fingerprint density at radius 3 is 2.44 bits per heavy atom. The first-order chi connectivity index (χ1) is 8.45. The smallest absolute Gasteiger partial charge is 0.165 e. The molecular formula is C15H20O2S. The maximum Gasteiger partial charge on any atom is 0.165 e. The highest BCUT2D eigenvalue weighted by molar-refractivity contribution is 7.80. The Bertz CT molecular complexity index is 410. The van der Waals surface area contributed by atoms with Gasteiger partial charge in [0, 0.05) is 18.3 Å². The van der Waals surface area contributed by atoms with E-state index in [9.17, 15) is 4.79 Å². The van der Waals surface area contributed by atoms with Crippen LogP contribution in [-0.4, -0.2) is 17.9 Å². The molecule has 2 nitrogen and oxygen atoms in total. The van der Waals surface area contributed by atoms with E-state index in [1.807, 2.05) is 44.2 Å². The summed E-state index contributed by atoms with van der Waals surface area (Å²) in [5.41, 5.74) is 0.829. The zero-order valence-electron chi connectivity index (χ0n) is 11.2. The van der Waals surface area contributed by atoms with E-state index in [1.54, 1.807) is 7.11 Å². The number of Topliss-reactive ketones (excluding diaryl/α,β-unsaturated/α-hetero) is 1. The fourth-order valence-electron chi connectivity index (χ4n) is 1.86. The van der Waals surface area contributed by atoms with Gasteiger partial charge in [-0.2, -0.15) is 0 Å². The third-order valence-electron chi connectivity index (χ3n) is 2.91. The van der Waals surface area contributed by atoms with Crippen molar-refractivity contribution in [3.8, 4) is 0 Å². The summed E-state index contributed by atoms with van der Waals surface area (Å²) in [6.45, 7) is 3.89. The van der Waals surface area contributed by atoms with E-state index in [4.69, 9.17) is 17.0 Å². The molecule has 0 amide bonds. The number of methoxy groups -OCH3 is 1. The van der Waals surface area contributed by atoms with Crippen molar-refractivity contribution in [3.63, 3.8) is 0 Å². The molecule has 0 aliphatic carbocycles. The van der Waals surface area contributed by atoms with Gasteiger partial charge in [-0.25, -0.2) is 0 Å². The number of rotatable bonds is 6. The fraction of sp³-hybridized carbons (Fsp3) is 0.467. The Labute approximate surface area is 114 Å². The van der Waals surface area contributed by atoms with Crippen molar-refractivity contribution in [2.24, 2.45) is 5.41 Å². The van der Waals surface area contributed by atoms with E-state index >= 15 is 0 Å². The molecule has 1 rings (SSSR count). The van der Waals surface area contributed by atoms with Crippen LogP contribution in [0.1, 0.15) is 32.3 Å². The quantitative estimate of drug-likeness (QED) is 0.735. The Morgan fingerprint density at radius 1 is 1.28 bits per heavy atom. The number of carbonyl (C=O) groups is 1. The lowest BCUT2D eigenvalue weighted by atomic mass is 9.86. The second-order valence-corrected chi connectivity index (χ2v) is 5.45. The van der Waals surface area contributed by atoms with E-state index in [0.29, 0.717) is 17.9 Å². The van der Waals surface area contributed by atoms with Crippen LogP contribution < -0.4 is 0 Å². The van der Waals surface area contributed by atoms with Crippen molar-refractivity contribution in [2.45, 2.75) is 33.1 Å². The second kappa shape index (κ2) is 6.64. The van der Waals surface area contributed by atoms with Crippen molar-refractivity contribution in [1.82, 2.24) is 0 Å². The molecule has 0 bridgehead atoms. The van der Waals surface area contributed by atoms with Crippen molar-refractivity contribution in [3.05, 3.63) is 35.9 Å². The van der Waals surface area contributed by atoms with Crippen molar-refractivity contribution < 1.29 is 9.53 Å².